The monoisotopic (exact) mass is 221 g/mol. The number of aliphatic hydroxyl groups is 1. The van der Waals surface area contributed by atoms with Crippen LogP contribution >= 0.6 is 0 Å². The minimum absolute atomic E-state index is 0.0222. The molecule has 0 aromatic rings. The first kappa shape index (κ1) is 14.8. The third kappa shape index (κ3) is 10.1. The summed E-state index contributed by atoms with van der Waals surface area (Å²) in [5.74, 6) is 0. The van der Waals surface area contributed by atoms with Crippen molar-refractivity contribution in [2.24, 2.45) is 0 Å². The zero-order chi connectivity index (χ0) is 11.4. The molecule has 0 aromatic carbocycles. The number of rotatable bonds is 11. The summed E-state index contributed by atoms with van der Waals surface area (Å²) >= 11 is 0. The fourth-order valence-electron chi connectivity index (χ4n) is 1.05. The summed E-state index contributed by atoms with van der Waals surface area (Å²) in [5.41, 5.74) is 0. The Balaban J connectivity index is 3.14. The molecule has 0 fully saturated rings. The predicted octanol–water partition coefficient (Wildman–Crippen LogP) is -0.364. The second-order valence-electron chi connectivity index (χ2n) is 3.12. The second kappa shape index (κ2) is 11.9. The lowest BCUT2D eigenvalue weighted by Gasteiger charge is -2.14. The molecular formula is C10H23NO4. The van der Waals surface area contributed by atoms with E-state index in [-0.39, 0.29) is 12.6 Å². The van der Waals surface area contributed by atoms with Crippen LogP contribution in [0.5, 0.6) is 0 Å². The maximum atomic E-state index is 8.94. The third-order valence-corrected chi connectivity index (χ3v) is 1.84. The molecule has 0 aromatic heterocycles. The van der Waals surface area contributed by atoms with Crippen molar-refractivity contribution in [3.63, 3.8) is 0 Å². The number of likely N-dealkylation sites (N-methyl/N-ethyl adjacent to an activating group) is 1. The molecule has 0 saturated carbocycles. The summed E-state index contributed by atoms with van der Waals surface area (Å²) in [7, 11) is 1.64. The molecule has 0 radical (unpaired) electrons. The maximum Gasteiger partial charge on any atom is 0.0701 e. The molecule has 0 heterocycles. The second-order valence-corrected chi connectivity index (χ2v) is 3.12. The Morgan fingerprint density at radius 1 is 1.13 bits per heavy atom. The standard InChI is InChI=1S/C10H23NO4/c1-3-11-10(8-12)9-15-7-6-14-5-4-13-2/h10-12H,3-9H2,1-2H3. The summed E-state index contributed by atoms with van der Waals surface area (Å²) in [6.07, 6.45) is 0. The first-order chi connectivity index (χ1) is 7.35. The van der Waals surface area contributed by atoms with Gasteiger partial charge in [-0.3, -0.25) is 0 Å². The van der Waals surface area contributed by atoms with Gasteiger partial charge in [-0.05, 0) is 6.54 Å². The zero-order valence-electron chi connectivity index (χ0n) is 9.70. The van der Waals surface area contributed by atoms with E-state index < -0.39 is 0 Å². The highest BCUT2D eigenvalue weighted by Crippen LogP contribution is 1.86. The van der Waals surface area contributed by atoms with Crippen molar-refractivity contribution in [1.29, 1.82) is 0 Å². The van der Waals surface area contributed by atoms with E-state index in [2.05, 4.69) is 5.32 Å². The molecule has 2 N–H and O–H groups in total. The Labute approximate surface area is 91.7 Å². The van der Waals surface area contributed by atoms with Crippen LogP contribution in [0.3, 0.4) is 0 Å². The number of methoxy groups -OCH3 is 1. The first-order valence-corrected chi connectivity index (χ1v) is 5.33. The van der Waals surface area contributed by atoms with Gasteiger partial charge in [-0.1, -0.05) is 6.92 Å². The zero-order valence-corrected chi connectivity index (χ0v) is 9.70. The Bertz CT molecular complexity index is 124. The normalized spacial score (nSPS) is 13.0. The van der Waals surface area contributed by atoms with E-state index in [1.165, 1.54) is 0 Å². The Morgan fingerprint density at radius 2 is 1.80 bits per heavy atom. The van der Waals surface area contributed by atoms with Gasteiger partial charge in [-0.25, -0.2) is 0 Å². The molecule has 0 amide bonds. The molecule has 5 nitrogen and oxygen atoms in total. The Morgan fingerprint density at radius 3 is 2.40 bits per heavy atom. The van der Waals surface area contributed by atoms with Crippen LogP contribution < -0.4 is 5.32 Å². The largest absolute Gasteiger partial charge is 0.395 e. The van der Waals surface area contributed by atoms with Crippen molar-refractivity contribution < 1.29 is 19.3 Å². The van der Waals surface area contributed by atoms with Gasteiger partial charge in [0.1, 0.15) is 0 Å². The quantitative estimate of drug-likeness (QED) is 0.466. The molecule has 0 spiro atoms. The molecule has 92 valence electrons. The topological polar surface area (TPSA) is 60.0 Å². The van der Waals surface area contributed by atoms with E-state index in [4.69, 9.17) is 19.3 Å². The summed E-state index contributed by atoms with van der Waals surface area (Å²) in [6.45, 7) is 5.75. The molecule has 1 unspecified atom stereocenters. The molecule has 0 aliphatic carbocycles. The highest BCUT2D eigenvalue weighted by molar-refractivity contribution is 4.62. The number of hydrogen-bond acceptors (Lipinski definition) is 5. The van der Waals surface area contributed by atoms with Crippen molar-refractivity contribution in [1.82, 2.24) is 5.32 Å². The van der Waals surface area contributed by atoms with Crippen molar-refractivity contribution in [2.75, 3.05) is 53.3 Å². The fraction of sp³-hybridized carbons (Fsp3) is 1.00. The van der Waals surface area contributed by atoms with Crippen LogP contribution in [0.25, 0.3) is 0 Å². The van der Waals surface area contributed by atoms with Gasteiger partial charge in [0.25, 0.3) is 0 Å². The minimum atomic E-state index is 0.0222. The van der Waals surface area contributed by atoms with Gasteiger partial charge in [-0.15, -0.1) is 0 Å². The van der Waals surface area contributed by atoms with E-state index in [1.807, 2.05) is 6.92 Å². The van der Waals surface area contributed by atoms with Crippen LogP contribution in [0, 0.1) is 0 Å². The molecule has 0 rings (SSSR count). The molecule has 5 heteroatoms. The smallest absolute Gasteiger partial charge is 0.0701 e. The van der Waals surface area contributed by atoms with Gasteiger partial charge >= 0.3 is 0 Å². The average molecular weight is 221 g/mol. The molecule has 1 atom stereocenters. The van der Waals surface area contributed by atoms with E-state index in [9.17, 15) is 0 Å². The molecule has 0 aliphatic heterocycles. The Kier molecular flexibility index (Phi) is 11.7. The third-order valence-electron chi connectivity index (χ3n) is 1.84. The lowest BCUT2D eigenvalue weighted by molar-refractivity contribution is 0.0152. The summed E-state index contributed by atoms with van der Waals surface area (Å²) in [5, 5.41) is 12.0. The van der Waals surface area contributed by atoms with Gasteiger partial charge < -0.3 is 24.6 Å². The Hall–Kier alpha value is -0.200. The van der Waals surface area contributed by atoms with E-state index in [1.54, 1.807) is 7.11 Å². The lowest BCUT2D eigenvalue weighted by Crippen LogP contribution is -2.36. The van der Waals surface area contributed by atoms with Gasteiger partial charge in [0.15, 0.2) is 0 Å². The lowest BCUT2D eigenvalue weighted by atomic mass is 10.3. The molecule has 0 saturated heterocycles. The number of aliphatic hydroxyl groups excluding tert-OH is 1. The highest BCUT2D eigenvalue weighted by Gasteiger charge is 2.04. The molecule has 0 bridgehead atoms. The van der Waals surface area contributed by atoms with Gasteiger partial charge in [-0.2, -0.15) is 0 Å². The van der Waals surface area contributed by atoms with Crippen LogP contribution in [0.2, 0.25) is 0 Å². The van der Waals surface area contributed by atoms with Gasteiger partial charge in [0.05, 0.1) is 45.7 Å². The van der Waals surface area contributed by atoms with Gasteiger partial charge in [0.2, 0.25) is 0 Å². The van der Waals surface area contributed by atoms with Crippen LogP contribution in [-0.4, -0.2) is 64.4 Å². The van der Waals surface area contributed by atoms with Crippen molar-refractivity contribution in [3.8, 4) is 0 Å². The number of hydrogen-bond donors (Lipinski definition) is 2. The van der Waals surface area contributed by atoms with E-state index in [0.29, 0.717) is 33.0 Å². The van der Waals surface area contributed by atoms with Crippen LogP contribution in [0.1, 0.15) is 6.92 Å². The summed E-state index contributed by atoms with van der Waals surface area (Å²) < 4.78 is 15.4. The maximum absolute atomic E-state index is 8.94. The van der Waals surface area contributed by atoms with Crippen molar-refractivity contribution >= 4 is 0 Å². The molecular weight excluding hydrogens is 198 g/mol. The van der Waals surface area contributed by atoms with Crippen molar-refractivity contribution in [3.05, 3.63) is 0 Å². The predicted molar refractivity (Wildman–Crippen MR) is 58.1 cm³/mol. The fourth-order valence-corrected chi connectivity index (χ4v) is 1.05. The summed E-state index contributed by atoms with van der Waals surface area (Å²) in [6, 6.07) is 0.0222. The van der Waals surface area contributed by atoms with Crippen LogP contribution in [0.4, 0.5) is 0 Å². The highest BCUT2D eigenvalue weighted by atomic mass is 16.5. The van der Waals surface area contributed by atoms with Crippen molar-refractivity contribution in [2.45, 2.75) is 13.0 Å². The van der Waals surface area contributed by atoms with E-state index in [0.717, 1.165) is 6.54 Å². The number of ether oxygens (including phenoxy) is 3. The minimum Gasteiger partial charge on any atom is -0.395 e. The van der Waals surface area contributed by atoms with Crippen LogP contribution in [-0.2, 0) is 14.2 Å². The number of nitrogens with one attached hydrogen (secondary N) is 1. The molecule has 15 heavy (non-hydrogen) atoms. The average Bonchev–Trinajstić information content (AvgIpc) is 2.26. The first-order valence-electron chi connectivity index (χ1n) is 5.33. The summed E-state index contributed by atoms with van der Waals surface area (Å²) in [4.78, 5) is 0. The van der Waals surface area contributed by atoms with Gasteiger partial charge in [0, 0.05) is 7.11 Å². The van der Waals surface area contributed by atoms with Crippen LogP contribution in [0.15, 0.2) is 0 Å². The molecule has 0 aliphatic rings. The SMILES string of the molecule is CCNC(CO)COCCOCCOC. The van der Waals surface area contributed by atoms with E-state index >= 15 is 0 Å².